The van der Waals surface area contributed by atoms with E-state index in [2.05, 4.69) is 10.3 Å². The quantitative estimate of drug-likeness (QED) is 0.836. The Morgan fingerprint density at radius 1 is 1.37 bits per heavy atom. The van der Waals surface area contributed by atoms with Crippen molar-refractivity contribution in [3.8, 4) is 0 Å². The van der Waals surface area contributed by atoms with Crippen molar-refractivity contribution in [2.24, 2.45) is 5.41 Å². The molecule has 1 heterocycles. The smallest absolute Gasteiger partial charge is 0.319 e. The van der Waals surface area contributed by atoms with Gasteiger partial charge in [0.25, 0.3) is 0 Å². The van der Waals surface area contributed by atoms with Crippen LogP contribution in [0.2, 0.25) is 0 Å². The van der Waals surface area contributed by atoms with Crippen LogP contribution in [0, 0.1) is 5.41 Å². The number of aliphatic hydroxyl groups excluding tert-OH is 1. The van der Waals surface area contributed by atoms with Crippen LogP contribution in [0.15, 0.2) is 12.4 Å². The molecule has 108 valence electrons. The molecule has 1 saturated carbocycles. The first kappa shape index (κ1) is 14.4. The van der Waals surface area contributed by atoms with Crippen LogP contribution < -0.4 is 5.32 Å². The molecule has 6 heteroatoms. The van der Waals surface area contributed by atoms with Crippen molar-refractivity contribution in [1.29, 1.82) is 0 Å². The number of nitrogens with one attached hydrogen (secondary N) is 1. The van der Waals surface area contributed by atoms with E-state index < -0.39 is 6.55 Å². The second-order valence-electron chi connectivity index (χ2n) is 5.35. The molecule has 4 nitrogen and oxygen atoms in total. The van der Waals surface area contributed by atoms with Gasteiger partial charge in [0.15, 0.2) is 0 Å². The zero-order valence-electron chi connectivity index (χ0n) is 11.0. The number of hydrogen-bond acceptors (Lipinski definition) is 3. The summed E-state index contributed by atoms with van der Waals surface area (Å²) in [4.78, 5) is 3.93. The van der Waals surface area contributed by atoms with Gasteiger partial charge in [-0.05, 0) is 12.8 Å². The third-order valence-corrected chi connectivity index (χ3v) is 3.99. The molecule has 0 unspecified atom stereocenters. The minimum absolute atomic E-state index is 0.0828. The van der Waals surface area contributed by atoms with Gasteiger partial charge < -0.3 is 10.4 Å². The van der Waals surface area contributed by atoms with E-state index in [1.165, 1.54) is 18.8 Å². The van der Waals surface area contributed by atoms with Gasteiger partial charge in [0.1, 0.15) is 5.82 Å². The first-order chi connectivity index (χ1) is 9.17. The third kappa shape index (κ3) is 3.51. The van der Waals surface area contributed by atoms with Gasteiger partial charge in [-0.25, -0.2) is 4.98 Å². The molecule has 0 saturated heterocycles. The molecule has 2 N–H and O–H groups in total. The van der Waals surface area contributed by atoms with E-state index in [-0.39, 0.29) is 12.0 Å². The zero-order valence-corrected chi connectivity index (χ0v) is 11.0. The lowest BCUT2D eigenvalue weighted by atomic mass is 9.74. The highest BCUT2D eigenvalue weighted by Crippen LogP contribution is 2.35. The van der Waals surface area contributed by atoms with Gasteiger partial charge in [-0.2, -0.15) is 8.78 Å². The number of rotatable bonds is 6. The Bertz CT molecular complexity index is 389. The summed E-state index contributed by atoms with van der Waals surface area (Å²) in [6, 6.07) is 0. The fourth-order valence-electron chi connectivity index (χ4n) is 2.79. The first-order valence-corrected chi connectivity index (χ1v) is 6.78. The van der Waals surface area contributed by atoms with Crippen LogP contribution in [0.4, 0.5) is 8.78 Å². The molecule has 0 amide bonds. The van der Waals surface area contributed by atoms with Gasteiger partial charge in [-0.15, -0.1) is 0 Å². The van der Waals surface area contributed by atoms with Crippen LogP contribution in [-0.2, 0) is 6.54 Å². The maximum absolute atomic E-state index is 12.6. The molecule has 0 atom stereocenters. The Labute approximate surface area is 111 Å². The molecule has 1 aliphatic carbocycles. The Kier molecular flexibility index (Phi) is 4.87. The zero-order chi connectivity index (χ0) is 13.7. The van der Waals surface area contributed by atoms with Crippen molar-refractivity contribution in [3.63, 3.8) is 0 Å². The molecular weight excluding hydrogens is 252 g/mol. The lowest BCUT2D eigenvalue weighted by Crippen LogP contribution is -2.39. The molecule has 0 spiro atoms. The van der Waals surface area contributed by atoms with Gasteiger partial charge in [-0.3, -0.25) is 4.57 Å². The maximum Gasteiger partial charge on any atom is 0.319 e. The summed E-state index contributed by atoms with van der Waals surface area (Å²) in [6.45, 7) is -1.44. The average molecular weight is 273 g/mol. The lowest BCUT2D eigenvalue weighted by molar-refractivity contribution is 0.0644. The summed E-state index contributed by atoms with van der Waals surface area (Å²) in [7, 11) is 0. The Morgan fingerprint density at radius 2 is 2.11 bits per heavy atom. The predicted octanol–water partition coefficient (Wildman–Crippen LogP) is 2.31. The summed E-state index contributed by atoms with van der Waals surface area (Å²) in [5, 5.41) is 12.7. The topological polar surface area (TPSA) is 50.1 Å². The molecule has 1 aliphatic rings. The summed E-state index contributed by atoms with van der Waals surface area (Å²) < 4.78 is 26.1. The largest absolute Gasteiger partial charge is 0.396 e. The number of nitrogens with zero attached hydrogens (tertiary/aromatic N) is 2. The standard InChI is InChI=1S/C13H21F2N3O/c14-12(15)18-7-6-17-11(18)8-16-9-13(10-19)4-2-1-3-5-13/h6-7,12,16,19H,1-5,8-10H2. The number of aromatic nitrogens is 2. The molecule has 1 fully saturated rings. The molecule has 2 rings (SSSR count). The fourth-order valence-corrected chi connectivity index (χ4v) is 2.79. The third-order valence-electron chi connectivity index (χ3n) is 3.99. The second-order valence-corrected chi connectivity index (χ2v) is 5.35. The van der Waals surface area contributed by atoms with Crippen LogP contribution in [-0.4, -0.2) is 27.8 Å². The van der Waals surface area contributed by atoms with Gasteiger partial charge in [-0.1, -0.05) is 19.3 Å². The highest BCUT2D eigenvalue weighted by molar-refractivity contribution is 4.93. The summed E-state index contributed by atoms with van der Waals surface area (Å²) in [5.41, 5.74) is -0.0828. The van der Waals surface area contributed by atoms with Crippen molar-refractivity contribution in [1.82, 2.24) is 14.9 Å². The second kappa shape index (κ2) is 6.43. The Balaban J connectivity index is 1.86. The number of hydrogen-bond donors (Lipinski definition) is 2. The summed E-state index contributed by atoms with van der Waals surface area (Å²) in [5.74, 6) is 0.332. The Morgan fingerprint density at radius 3 is 2.74 bits per heavy atom. The molecule has 0 bridgehead atoms. The molecule has 19 heavy (non-hydrogen) atoms. The van der Waals surface area contributed by atoms with Gasteiger partial charge in [0, 0.05) is 31.0 Å². The average Bonchev–Trinajstić information content (AvgIpc) is 2.88. The van der Waals surface area contributed by atoms with Crippen LogP contribution >= 0.6 is 0 Å². The molecule has 1 aromatic rings. The molecule has 1 aromatic heterocycles. The highest BCUT2D eigenvalue weighted by atomic mass is 19.3. The van der Waals surface area contributed by atoms with Gasteiger partial charge >= 0.3 is 6.55 Å². The first-order valence-electron chi connectivity index (χ1n) is 6.78. The van der Waals surface area contributed by atoms with Crippen LogP contribution in [0.25, 0.3) is 0 Å². The van der Waals surface area contributed by atoms with E-state index >= 15 is 0 Å². The number of alkyl halides is 2. The molecule has 0 aliphatic heterocycles. The fraction of sp³-hybridized carbons (Fsp3) is 0.769. The monoisotopic (exact) mass is 273 g/mol. The maximum atomic E-state index is 12.6. The molecular formula is C13H21F2N3O. The van der Waals surface area contributed by atoms with E-state index in [1.54, 1.807) is 0 Å². The van der Waals surface area contributed by atoms with E-state index in [9.17, 15) is 13.9 Å². The van der Waals surface area contributed by atoms with E-state index in [0.29, 0.717) is 18.9 Å². The SMILES string of the molecule is OCC1(CNCc2nccn2C(F)F)CCCCC1. The van der Waals surface area contributed by atoms with Crippen molar-refractivity contribution >= 4 is 0 Å². The normalized spacial score (nSPS) is 18.9. The van der Waals surface area contributed by atoms with Crippen molar-refractivity contribution < 1.29 is 13.9 Å². The summed E-state index contributed by atoms with van der Waals surface area (Å²) >= 11 is 0. The van der Waals surface area contributed by atoms with Crippen molar-refractivity contribution in [3.05, 3.63) is 18.2 Å². The van der Waals surface area contributed by atoms with E-state index in [0.717, 1.165) is 30.3 Å². The molecule has 0 radical (unpaired) electrons. The van der Waals surface area contributed by atoms with Crippen LogP contribution in [0.1, 0.15) is 44.5 Å². The van der Waals surface area contributed by atoms with E-state index in [4.69, 9.17) is 0 Å². The van der Waals surface area contributed by atoms with Crippen molar-refractivity contribution in [2.75, 3.05) is 13.2 Å². The summed E-state index contributed by atoms with van der Waals surface area (Å²) in [6.07, 6.45) is 8.15. The highest BCUT2D eigenvalue weighted by Gasteiger charge is 2.30. The number of halogens is 2. The van der Waals surface area contributed by atoms with Crippen LogP contribution in [0.3, 0.4) is 0 Å². The predicted molar refractivity (Wildman–Crippen MR) is 67.8 cm³/mol. The van der Waals surface area contributed by atoms with E-state index in [1.807, 2.05) is 0 Å². The lowest BCUT2D eigenvalue weighted by Gasteiger charge is -2.35. The van der Waals surface area contributed by atoms with Gasteiger partial charge in [0.2, 0.25) is 0 Å². The number of aliphatic hydroxyl groups is 1. The Hall–Kier alpha value is -1.01. The van der Waals surface area contributed by atoms with Crippen LogP contribution in [0.5, 0.6) is 0 Å². The van der Waals surface area contributed by atoms with Gasteiger partial charge in [0.05, 0.1) is 6.54 Å². The minimum atomic E-state index is -2.55. The minimum Gasteiger partial charge on any atom is -0.396 e. The molecule has 0 aromatic carbocycles. The number of imidazole rings is 1. The van der Waals surface area contributed by atoms with Crippen molar-refractivity contribution in [2.45, 2.75) is 45.2 Å².